The van der Waals surface area contributed by atoms with Crippen molar-refractivity contribution >= 4 is 16.1 Å². The summed E-state index contributed by atoms with van der Waals surface area (Å²) in [5.74, 6) is -1.01. The molecule has 1 N–H and O–H groups in total. The van der Waals surface area contributed by atoms with Crippen LogP contribution in [0.3, 0.4) is 0 Å². The second-order valence-corrected chi connectivity index (χ2v) is 10.3. The fourth-order valence-electron chi connectivity index (χ4n) is 4.51. The highest BCUT2D eigenvalue weighted by atomic mass is 32.2. The van der Waals surface area contributed by atoms with Gasteiger partial charge in [0.05, 0.1) is 19.1 Å². The normalized spacial score (nSPS) is 25.4. The SMILES string of the molecule is Cc1ccccc1CNC(=O)[C@@H]1CCCN(S(=O)(=O)N2CCC3(CC2)OCCO3)C1. The van der Waals surface area contributed by atoms with Gasteiger partial charge in [-0.3, -0.25) is 4.79 Å². The lowest BCUT2D eigenvalue weighted by Gasteiger charge is -2.40. The predicted molar refractivity (Wildman–Crippen MR) is 112 cm³/mol. The average Bonchev–Trinajstić information content (AvgIpc) is 3.21. The zero-order valence-corrected chi connectivity index (χ0v) is 18.3. The molecule has 1 atom stereocenters. The Bertz CT molecular complexity index is 859. The minimum Gasteiger partial charge on any atom is -0.352 e. The largest absolute Gasteiger partial charge is 0.352 e. The number of amides is 1. The van der Waals surface area contributed by atoms with Gasteiger partial charge < -0.3 is 14.8 Å². The summed E-state index contributed by atoms with van der Waals surface area (Å²) in [5, 5.41) is 2.99. The molecule has 1 amide bonds. The van der Waals surface area contributed by atoms with E-state index in [-0.39, 0.29) is 18.4 Å². The maximum atomic E-state index is 13.2. The Morgan fingerprint density at radius 3 is 2.53 bits per heavy atom. The third-order valence-electron chi connectivity index (χ3n) is 6.42. The molecular formula is C21H31N3O5S. The van der Waals surface area contributed by atoms with E-state index in [0.29, 0.717) is 65.1 Å². The zero-order chi connectivity index (χ0) is 21.2. The van der Waals surface area contributed by atoms with Crippen LogP contribution in [0.4, 0.5) is 0 Å². The molecule has 1 aromatic rings. The minimum atomic E-state index is -3.60. The summed E-state index contributed by atoms with van der Waals surface area (Å²) in [4.78, 5) is 12.7. The van der Waals surface area contributed by atoms with Crippen LogP contribution >= 0.6 is 0 Å². The molecule has 1 spiro atoms. The molecule has 9 heteroatoms. The van der Waals surface area contributed by atoms with E-state index in [4.69, 9.17) is 9.47 Å². The van der Waals surface area contributed by atoms with Gasteiger partial charge in [0.1, 0.15) is 0 Å². The number of ether oxygens (including phenoxy) is 2. The van der Waals surface area contributed by atoms with Gasteiger partial charge in [-0.1, -0.05) is 24.3 Å². The fourth-order valence-corrected chi connectivity index (χ4v) is 6.21. The highest BCUT2D eigenvalue weighted by Crippen LogP contribution is 2.33. The van der Waals surface area contributed by atoms with Gasteiger partial charge in [0, 0.05) is 45.6 Å². The molecule has 30 heavy (non-hydrogen) atoms. The van der Waals surface area contributed by atoms with Crippen LogP contribution in [0.15, 0.2) is 24.3 Å². The Labute approximate surface area is 178 Å². The molecule has 3 saturated heterocycles. The van der Waals surface area contributed by atoms with E-state index >= 15 is 0 Å². The number of hydrogen-bond donors (Lipinski definition) is 1. The van der Waals surface area contributed by atoms with Crippen molar-refractivity contribution in [3.05, 3.63) is 35.4 Å². The highest BCUT2D eigenvalue weighted by Gasteiger charge is 2.44. The number of piperidine rings is 2. The summed E-state index contributed by atoms with van der Waals surface area (Å²) in [6, 6.07) is 7.93. The molecule has 3 fully saturated rings. The number of carbonyl (C=O) groups excluding carboxylic acids is 1. The molecule has 1 aromatic carbocycles. The van der Waals surface area contributed by atoms with Crippen molar-refractivity contribution in [1.82, 2.24) is 13.9 Å². The highest BCUT2D eigenvalue weighted by molar-refractivity contribution is 7.86. The van der Waals surface area contributed by atoms with Crippen molar-refractivity contribution in [3.8, 4) is 0 Å². The van der Waals surface area contributed by atoms with Gasteiger partial charge in [-0.05, 0) is 30.9 Å². The first-order chi connectivity index (χ1) is 14.4. The van der Waals surface area contributed by atoms with Crippen LogP contribution in [0, 0.1) is 12.8 Å². The van der Waals surface area contributed by atoms with Crippen LogP contribution in [0.5, 0.6) is 0 Å². The number of carbonyl (C=O) groups is 1. The summed E-state index contributed by atoms with van der Waals surface area (Å²) in [6.07, 6.45) is 2.48. The quantitative estimate of drug-likeness (QED) is 0.753. The lowest BCUT2D eigenvalue weighted by molar-refractivity contribution is -0.179. The van der Waals surface area contributed by atoms with Gasteiger partial charge in [-0.15, -0.1) is 0 Å². The van der Waals surface area contributed by atoms with Gasteiger partial charge in [0.25, 0.3) is 10.2 Å². The van der Waals surface area contributed by atoms with Crippen LogP contribution < -0.4 is 5.32 Å². The molecule has 3 aliphatic heterocycles. The molecule has 3 heterocycles. The smallest absolute Gasteiger partial charge is 0.282 e. The Kier molecular flexibility index (Phi) is 6.45. The van der Waals surface area contributed by atoms with Crippen molar-refractivity contribution in [2.45, 2.75) is 44.9 Å². The monoisotopic (exact) mass is 437 g/mol. The number of benzene rings is 1. The van der Waals surface area contributed by atoms with Crippen molar-refractivity contribution in [2.24, 2.45) is 5.92 Å². The van der Waals surface area contributed by atoms with Gasteiger partial charge in [0.2, 0.25) is 5.91 Å². The van der Waals surface area contributed by atoms with Crippen molar-refractivity contribution in [3.63, 3.8) is 0 Å². The maximum Gasteiger partial charge on any atom is 0.282 e. The molecule has 0 bridgehead atoms. The molecule has 0 aromatic heterocycles. The molecule has 4 rings (SSSR count). The van der Waals surface area contributed by atoms with Gasteiger partial charge in [0.15, 0.2) is 5.79 Å². The third kappa shape index (κ3) is 4.55. The first-order valence-electron chi connectivity index (χ1n) is 10.7. The van der Waals surface area contributed by atoms with E-state index in [1.165, 1.54) is 8.61 Å². The topological polar surface area (TPSA) is 88.2 Å². The molecule has 0 aliphatic carbocycles. The summed E-state index contributed by atoms with van der Waals surface area (Å²) in [7, 11) is -3.60. The number of rotatable bonds is 5. The van der Waals surface area contributed by atoms with E-state index in [0.717, 1.165) is 11.1 Å². The fraction of sp³-hybridized carbons (Fsp3) is 0.667. The summed E-state index contributed by atoms with van der Waals surface area (Å²) in [6.45, 7) is 5.06. The lowest BCUT2D eigenvalue weighted by Crippen LogP contribution is -2.54. The van der Waals surface area contributed by atoms with Gasteiger partial charge >= 0.3 is 0 Å². The average molecular weight is 438 g/mol. The summed E-state index contributed by atoms with van der Waals surface area (Å²) in [5.41, 5.74) is 2.20. The molecule has 166 valence electrons. The summed E-state index contributed by atoms with van der Waals surface area (Å²) >= 11 is 0. The molecule has 3 aliphatic rings. The lowest BCUT2D eigenvalue weighted by atomic mass is 9.98. The van der Waals surface area contributed by atoms with Crippen LogP contribution in [0.25, 0.3) is 0 Å². The maximum absolute atomic E-state index is 13.2. The van der Waals surface area contributed by atoms with Crippen LogP contribution in [0.1, 0.15) is 36.8 Å². The molecule has 0 unspecified atom stereocenters. The Morgan fingerprint density at radius 2 is 1.83 bits per heavy atom. The number of nitrogens with one attached hydrogen (secondary N) is 1. The second-order valence-electron chi connectivity index (χ2n) is 8.36. The standard InChI is InChI=1S/C21H31N3O5S/c1-17-5-2-3-6-18(17)15-22-20(25)19-7-4-10-24(16-19)30(26,27)23-11-8-21(9-12-23)28-13-14-29-21/h2-3,5-6,19H,4,7-16H2,1H3,(H,22,25)/t19-/m1/s1. The Hall–Kier alpha value is -1.52. The van der Waals surface area contributed by atoms with E-state index in [1.807, 2.05) is 31.2 Å². The second kappa shape index (κ2) is 8.92. The third-order valence-corrected chi connectivity index (χ3v) is 8.42. The number of hydrogen-bond acceptors (Lipinski definition) is 5. The van der Waals surface area contributed by atoms with E-state index in [1.54, 1.807) is 0 Å². The predicted octanol–water partition coefficient (Wildman–Crippen LogP) is 1.41. The van der Waals surface area contributed by atoms with Crippen molar-refractivity contribution < 1.29 is 22.7 Å². The van der Waals surface area contributed by atoms with E-state index in [2.05, 4.69) is 5.32 Å². The molecule has 8 nitrogen and oxygen atoms in total. The van der Waals surface area contributed by atoms with Gasteiger partial charge in [-0.2, -0.15) is 17.0 Å². The first kappa shape index (κ1) is 21.7. The first-order valence-corrected chi connectivity index (χ1v) is 12.1. The number of aryl methyl sites for hydroxylation is 1. The molecule has 0 saturated carbocycles. The zero-order valence-electron chi connectivity index (χ0n) is 17.5. The van der Waals surface area contributed by atoms with E-state index in [9.17, 15) is 13.2 Å². The molecule has 0 radical (unpaired) electrons. The van der Waals surface area contributed by atoms with Crippen LogP contribution in [0.2, 0.25) is 0 Å². The Morgan fingerprint density at radius 1 is 1.13 bits per heavy atom. The Balaban J connectivity index is 1.33. The van der Waals surface area contributed by atoms with Gasteiger partial charge in [-0.25, -0.2) is 0 Å². The summed E-state index contributed by atoms with van der Waals surface area (Å²) < 4.78 is 40.7. The minimum absolute atomic E-state index is 0.0801. The van der Waals surface area contributed by atoms with Crippen molar-refractivity contribution in [2.75, 3.05) is 39.4 Å². The van der Waals surface area contributed by atoms with Crippen LogP contribution in [-0.2, 0) is 31.0 Å². The number of nitrogens with zero attached hydrogens (tertiary/aromatic N) is 2. The molecular weight excluding hydrogens is 406 g/mol. The van der Waals surface area contributed by atoms with Crippen molar-refractivity contribution in [1.29, 1.82) is 0 Å². The van der Waals surface area contributed by atoms with E-state index < -0.39 is 16.0 Å². The van der Waals surface area contributed by atoms with Crippen LogP contribution in [-0.4, -0.2) is 68.1 Å².